The van der Waals surface area contributed by atoms with E-state index in [0.29, 0.717) is 19.5 Å². The van der Waals surface area contributed by atoms with Crippen molar-refractivity contribution in [2.75, 3.05) is 32.7 Å². The molecule has 4 rings (SSSR count). The molecule has 2 aliphatic rings. The maximum atomic E-state index is 13.1. The zero-order chi connectivity index (χ0) is 22.6. The summed E-state index contributed by atoms with van der Waals surface area (Å²) >= 11 is 1.73. The van der Waals surface area contributed by atoms with Gasteiger partial charge in [0, 0.05) is 24.5 Å². The van der Waals surface area contributed by atoms with Crippen LogP contribution in [-0.2, 0) is 14.8 Å². The molecule has 2 aromatic rings. The molecule has 1 aromatic heterocycles. The number of thiophene rings is 1. The van der Waals surface area contributed by atoms with Crippen molar-refractivity contribution in [3.63, 3.8) is 0 Å². The highest BCUT2D eigenvalue weighted by Gasteiger charge is 2.34. The van der Waals surface area contributed by atoms with Crippen LogP contribution in [0.1, 0.15) is 43.5 Å². The number of carbonyl (C=O) groups excluding carboxylic acids is 1. The first-order chi connectivity index (χ1) is 15.4. The van der Waals surface area contributed by atoms with Gasteiger partial charge in [-0.3, -0.25) is 9.69 Å². The average molecular weight is 476 g/mol. The summed E-state index contributed by atoms with van der Waals surface area (Å²) in [6, 6.07) is 12.9. The molecule has 8 heteroatoms. The van der Waals surface area contributed by atoms with Gasteiger partial charge in [-0.15, -0.1) is 11.3 Å². The van der Waals surface area contributed by atoms with Gasteiger partial charge in [-0.2, -0.15) is 4.31 Å². The molecule has 6 nitrogen and oxygen atoms in total. The number of nitrogens with one attached hydrogen (secondary N) is 1. The van der Waals surface area contributed by atoms with Gasteiger partial charge in [0.1, 0.15) is 0 Å². The van der Waals surface area contributed by atoms with Crippen LogP contribution in [0.3, 0.4) is 0 Å². The minimum atomic E-state index is -3.57. The largest absolute Gasteiger partial charge is 0.354 e. The lowest BCUT2D eigenvalue weighted by Gasteiger charge is -2.37. The van der Waals surface area contributed by atoms with E-state index in [-0.39, 0.29) is 29.3 Å². The average Bonchev–Trinajstić information content (AvgIpc) is 3.35. The maximum absolute atomic E-state index is 13.1. The molecule has 2 saturated heterocycles. The Labute approximate surface area is 195 Å². The second-order valence-electron chi connectivity index (χ2n) is 9.01. The summed E-state index contributed by atoms with van der Waals surface area (Å²) < 4.78 is 27.5. The van der Waals surface area contributed by atoms with Gasteiger partial charge in [-0.1, -0.05) is 31.2 Å². The van der Waals surface area contributed by atoms with E-state index in [1.165, 1.54) is 22.0 Å². The molecule has 0 radical (unpaired) electrons. The first-order valence-corrected chi connectivity index (χ1v) is 13.9. The number of nitrogens with zero attached hydrogens (tertiary/aromatic N) is 2. The minimum absolute atomic E-state index is 0.0371. The molecular formula is C24H33N3O3S2. The van der Waals surface area contributed by atoms with Crippen LogP contribution in [-0.4, -0.2) is 56.3 Å². The van der Waals surface area contributed by atoms with Crippen LogP contribution in [0.4, 0.5) is 0 Å². The molecule has 1 aromatic carbocycles. The lowest BCUT2D eigenvalue weighted by molar-refractivity contribution is -0.126. The Morgan fingerprint density at radius 1 is 1.09 bits per heavy atom. The van der Waals surface area contributed by atoms with E-state index in [1.54, 1.807) is 41.7 Å². The highest BCUT2D eigenvalue weighted by atomic mass is 32.2. The third-order valence-electron chi connectivity index (χ3n) is 6.74. The highest BCUT2D eigenvalue weighted by molar-refractivity contribution is 7.89. The second-order valence-corrected chi connectivity index (χ2v) is 11.9. The fraction of sp³-hybridized carbons (Fsp3) is 0.542. The molecule has 3 heterocycles. The Hall–Kier alpha value is -1.74. The molecule has 0 bridgehead atoms. The van der Waals surface area contributed by atoms with Crippen molar-refractivity contribution in [1.29, 1.82) is 0 Å². The topological polar surface area (TPSA) is 69.7 Å². The Balaban J connectivity index is 1.39. The van der Waals surface area contributed by atoms with Gasteiger partial charge >= 0.3 is 0 Å². The number of likely N-dealkylation sites (tertiary alicyclic amines) is 1. The van der Waals surface area contributed by atoms with Crippen LogP contribution in [0, 0.1) is 11.8 Å². The Bertz CT molecular complexity index is 971. The van der Waals surface area contributed by atoms with Crippen molar-refractivity contribution < 1.29 is 13.2 Å². The van der Waals surface area contributed by atoms with E-state index in [0.717, 1.165) is 25.4 Å². The quantitative estimate of drug-likeness (QED) is 0.662. The van der Waals surface area contributed by atoms with E-state index in [4.69, 9.17) is 0 Å². The SMILES string of the molecule is CC1CCN(C(CNC(=O)C2CCCN(S(=O)(=O)c3ccccc3)C2)c2cccs2)CC1. The lowest BCUT2D eigenvalue weighted by Crippen LogP contribution is -2.47. The van der Waals surface area contributed by atoms with Crippen LogP contribution >= 0.6 is 11.3 Å². The summed E-state index contributed by atoms with van der Waals surface area (Å²) in [4.78, 5) is 17.1. The number of benzene rings is 1. The summed E-state index contributed by atoms with van der Waals surface area (Å²) in [6.45, 7) is 5.67. The number of carbonyl (C=O) groups is 1. The molecule has 1 N–H and O–H groups in total. The van der Waals surface area contributed by atoms with Gasteiger partial charge in [0.05, 0.1) is 16.9 Å². The monoisotopic (exact) mass is 475 g/mol. The third-order valence-corrected chi connectivity index (χ3v) is 9.59. The van der Waals surface area contributed by atoms with Gasteiger partial charge in [-0.05, 0) is 68.3 Å². The Morgan fingerprint density at radius 2 is 1.84 bits per heavy atom. The van der Waals surface area contributed by atoms with E-state index < -0.39 is 10.0 Å². The molecule has 32 heavy (non-hydrogen) atoms. The molecule has 0 saturated carbocycles. The van der Waals surface area contributed by atoms with Gasteiger partial charge in [0.15, 0.2) is 0 Å². The first-order valence-electron chi connectivity index (χ1n) is 11.6. The molecule has 0 spiro atoms. The summed E-state index contributed by atoms with van der Waals surface area (Å²) in [5, 5.41) is 5.25. The predicted octanol–water partition coefficient (Wildman–Crippen LogP) is 3.74. The molecular weight excluding hydrogens is 442 g/mol. The summed E-state index contributed by atoms with van der Waals surface area (Å²) in [5.74, 6) is 0.405. The zero-order valence-electron chi connectivity index (χ0n) is 18.7. The van der Waals surface area contributed by atoms with Gasteiger partial charge < -0.3 is 5.32 Å². The van der Waals surface area contributed by atoms with Crippen molar-refractivity contribution in [3.05, 3.63) is 52.7 Å². The number of sulfonamides is 1. The van der Waals surface area contributed by atoms with Crippen LogP contribution in [0.25, 0.3) is 0 Å². The number of hydrogen-bond acceptors (Lipinski definition) is 5. The summed E-state index contributed by atoms with van der Waals surface area (Å²) in [5.41, 5.74) is 0. The number of hydrogen-bond donors (Lipinski definition) is 1. The third kappa shape index (κ3) is 5.42. The van der Waals surface area contributed by atoms with Crippen molar-refractivity contribution in [1.82, 2.24) is 14.5 Å². The van der Waals surface area contributed by atoms with Crippen molar-refractivity contribution in [2.24, 2.45) is 11.8 Å². The number of amides is 1. The highest BCUT2D eigenvalue weighted by Crippen LogP contribution is 2.29. The molecule has 174 valence electrons. The van der Waals surface area contributed by atoms with Crippen LogP contribution in [0.5, 0.6) is 0 Å². The summed E-state index contributed by atoms with van der Waals surface area (Å²) in [7, 11) is -3.57. The molecule has 2 fully saturated rings. The van der Waals surface area contributed by atoms with Crippen molar-refractivity contribution >= 4 is 27.3 Å². The Morgan fingerprint density at radius 3 is 2.53 bits per heavy atom. The minimum Gasteiger partial charge on any atom is -0.354 e. The normalized spacial score (nSPS) is 22.5. The molecule has 2 atom stereocenters. The lowest BCUT2D eigenvalue weighted by atomic mass is 9.97. The van der Waals surface area contributed by atoms with E-state index in [2.05, 4.69) is 34.7 Å². The van der Waals surface area contributed by atoms with Crippen molar-refractivity contribution in [3.8, 4) is 0 Å². The van der Waals surface area contributed by atoms with Crippen molar-refractivity contribution in [2.45, 2.75) is 43.5 Å². The van der Waals surface area contributed by atoms with E-state index in [1.807, 2.05) is 0 Å². The smallest absolute Gasteiger partial charge is 0.243 e. The van der Waals surface area contributed by atoms with Gasteiger partial charge in [0.25, 0.3) is 0 Å². The van der Waals surface area contributed by atoms with E-state index >= 15 is 0 Å². The Kier molecular flexibility index (Phi) is 7.66. The fourth-order valence-corrected chi connectivity index (χ4v) is 7.09. The second kappa shape index (κ2) is 10.5. The van der Waals surface area contributed by atoms with Crippen LogP contribution in [0.2, 0.25) is 0 Å². The number of piperidine rings is 2. The van der Waals surface area contributed by atoms with Gasteiger partial charge in [0.2, 0.25) is 15.9 Å². The molecule has 1 amide bonds. The maximum Gasteiger partial charge on any atom is 0.243 e. The first kappa shape index (κ1) is 23.4. The molecule has 2 unspecified atom stereocenters. The van der Waals surface area contributed by atoms with Gasteiger partial charge in [-0.25, -0.2) is 8.42 Å². The predicted molar refractivity (Wildman–Crippen MR) is 128 cm³/mol. The van der Waals surface area contributed by atoms with Crippen LogP contribution in [0.15, 0.2) is 52.7 Å². The van der Waals surface area contributed by atoms with E-state index in [9.17, 15) is 13.2 Å². The van der Waals surface area contributed by atoms with Crippen LogP contribution < -0.4 is 5.32 Å². The summed E-state index contributed by atoms with van der Waals surface area (Å²) in [6.07, 6.45) is 3.79. The molecule has 0 aliphatic carbocycles. The fourth-order valence-electron chi connectivity index (χ4n) is 4.69. The number of rotatable bonds is 7. The standard InChI is InChI=1S/C24H33N3O3S2/c1-19-11-14-26(15-12-19)22(23-10-6-16-31-23)17-25-24(28)20-7-5-13-27(18-20)32(29,30)21-8-3-2-4-9-21/h2-4,6,8-10,16,19-20,22H,5,7,11-15,17-18H2,1H3,(H,25,28). The zero-order valence-corrected chi connectivity index (χ0v) is 20.3. The molecule has 2 aliphatic heterocycles.